The van der Waals surface area contributed by atoms with E-state index in [9.17, 15) is 13.2 Å². The number of pyridine rings is 1. The van der Waals surface area contributed by atoms with E-state index >= 15 is 0 Å². The zero-order valence-corrected chi connectivity index (χ0v) is 12.3. The lowest BCUT2D eigenvalue weighted by molar-refractivity contribution is -0.141. The first kappa shape index (κ1) is 14.8. The molecule has 1 fully saturated rings. The van der Waals surface area contributed by atoms with Gasteiger partial charge in [0.25, 0.3) is 6.01 Å². The number of rotatable bonds is 3. The number of hydrogen-bond donors (Lipinski definition) is 0. The van der Waals surface area contributed by atoms with Crippen LogP contribution in [0.15, 0.2) is 47.0 Å². The van der Waals surface area contributed by atoms with E-state index in [0.29, 0.717) is 24.7 Å². The normalized spacial score (nSPS) is 15.5. The van der Waals surface area contributed by atoms with Gasteiger partial charge >= 0.3 is 6.18 Å². The predicted octanol–water partition coefficient (Wildman–Crippen LogP) is 3.51. The van der Waals surface area contributed by atoms with Gasteiger partial charge in [-0.3, -0.25) is 4.98 Å². The van der Waals surface area contributed by atoms with Crippen LogP contribution in [0.25, 0.3) is 11.1 Å². The summed E-state index contributed by atoms with van der Waals surface area (Å²) < 4.78 is 49.1. The molecular formula is C16H12F3N3O2. The SMILES string of the molecule is FC(F)(F)c1cc(OC2CN(c3nc4ccccc4o3)C2)ccn1. The number of anilines is 1. The van der Waals surface area contributed by atoms with Crippen molar-refractivity contribution in [1.29, 1.82) is 0 Å². The fraction of sp³-hybridized carbons (Fsp3) is 0.250. The Bertz CT molecular complexity index is 839. The van der Waals surface area contributed by atoms with Crippen LogP contribution in [-0.4, -0.2) is 29.2 Å². The Hall–Kier alpha value is -2.77. The van der Waals surface area contributed by atoms with Crippen molar-refractivity contribution in [3.63, 3.8) is 0 Å². The summed E-state index contributed by atoms with van der Waals surface area (Å²) in [5.74, 6) is 0.152. The maximum Gasteiger partial charge on any atom is 0.433 e. The summed E-state index contributed by atoms with van der Waals surface area (Å²) >= 11 is 0. The molecule has 4 rings (SSSR count). The van der Waals surface area contributed by atoms with Gasteiger partial charge in [-0.25, -0.2) is 0 Å². The number of para-hydroxylation sites is 2. The molecule has 0 atom stereocenters. The molecule has 0 N–H and O–H groups in total. The number of nitrogens with zero attached hydrogens (tertiary/aromatic N) is 3. The van der Waals surface area contributed by atoms with Crippen molar-refractivity contribution in [3.8, 4) is 5.75 Å². The molecule has 3 heterocycles. The summed E-state index contributed by atoms with van der Waals surface area (Å²) in [7, 11) is 0. The lowest BCUT2D eigenvalue weighted by Gasteiger charge is -2.37. The van der Waals surface area contributed by atoms with E-state index in [2.05, 4.69) is 9.97 Å². The van der Waals surface area contributed by atoms with Gasteiger partial charge in [0.1, 0.15) is 23.1 Å². The molecule has 0 saturated carbocycles. The van der Waals surface area contributed by atoms with Gasteiger partial charge in [0.2, 0.25) is 0 Å². The summed E-state index contributed by atoms with van der Waals surface area (Å²) in [5, 5.41) is 0. The zero-order valence-electron chi connectivity index (χ0n) is 12.3. The molecular weight excluding hydrogens is 323 g/mol. The van der Waals surface area contributed by atoms with Crippen LogP contribution in [-0.2, 0) is 6.18 Å². The molecule has 24 heavy (non-hydrogen) atoms. The largest absolute Gasteiger partial charge is 0.487 e. The van der Waals surface area contributed by atoms with E-state index in [1.165, 1.54) is 6.07 Å². The van der Waals surface area contributed by atoms with E-state index in [4.69, 9.17) is 9.15 Å². The van der Waals surface area contributed by atoms with Gasteiger partial charge in [-0.1, -0.05) is 12.1 Å². The highest BCUT2D eigenvalue weighted by molar-refractivity contribution is 5.74. The highest BCUT2D eigenvalue weighted by Crippen LogP contribution is 2.31. The van der Waals surface area contributed by atoms with E-state index in [-0.39, 0.29) is 11.9 Å². The second kappa shape index (κ2) is 5.40. The number of oxazole rings is 1. The van der Waals surface area contributed by atoms with Crippen molar-refractivity contribution in [2.75, 3.05) is 18.0 Å². The minimum atomic E-state index is -4.48. The van der Waals surface area contributed by atoms with Crippen LogP contribution < -0.4 is 9.64 Å². The number of fused-ring (bicyclic) bond motifs is 1. The lowest BCUT2D eigenvalue weighted by atomic mass is 10.2. The van der Waals surface area contributed by atoms with Gasteiger partial charge in [0.05, 0.1) is 13.1 Å². The van der Waals surface area contributed by atoms with Gasteiger partial charge in [-0.15, -0.1) is 0 Å². The minimum absolute atomic E-state index is 0.152. The Labute approximate surface area is 134 Å². The first-order valence-corrected chi connectivity index (χ1v) is 7.29. The molecule has 0 radical (unpaired) electrons. The number of halogens is 3. The van der Waals surface area contributed by atoms with Crippen LogP contribution >= 0.6 is 0 Å². The predicted molar refractivity (Wildman–Crippen MR) is 79.9 cm³/mol. The van der Waals surface area contributed by atoms with Crippen LogP contribution in [0.2, 0.25) is 0 Å². The zero-order chi connectivity index (χ0) is 16.7. The summed E-state index contributed by atoms with van der Waals surface area (Å²) in [6, 6.07) is 10.2. The highest BCUT2D eigenvalue weighted by atomic mass is 19.4. The van der Waals surface area contributed by atoms with Crippen molar-refractivity contribution in [2.45, 2.75) is 12.3 Å². The van der Waals surface area contributed by atoms with E-state index in [1.807, 2.05) is 29.2 Å². The lowest BCUT2D eigenvalue weighted by Crippen LogP contribution is -2.54. The average molecular weight is 335 g/mol. The fourth-order valence-corrected chi connectivity index (χ4v) is 2.50. The highest BCUT2D eigenvalue weighted by Gasteiger charge is 2.34. The number of aromatic nitrogens is 2. The van der Waals surface area contributed by atoms with Crippen LogP contribution in [0, 0.1) is 0 Å². The molecule has 1 aliphatic rings. The first-order valence-electron chi connectivity index (χ1n) is 7.29. The molecule has 3 aromatic rings. The van der Waals surface area contributed by atoms with Crippen molar-refractivity contribution in [3.05, 3.63) is 48.3 Å². The smallest absolute Gasteiger partial charge is 0.433 e. The maximum absolute atomic E-state index is 12.6. The molecule has 1 aromatic carbocycles. The Kier molecular flexibility index (Phi) is 3.33. The van der Waals surface area contributed by atoms with Crippen molar-refractivity contribution >= 4 is 17.1 Å². The molecule has 8 heteroatoms. The molecule has 5 nitrogen and oxygen atoms in total. The molecule has 1 saturated heterocycles. The third kappa shape index (κ3) is 2.75. The van der Waals surface area contributed by atoms with Gasteiger partial charge in [0.15, 0.2) is 5.58 Å². The van der Waals surface area contributed by atoms with Crippen molar-refractivity contribution in [1.82, 2.24) is 9.97 Å². The average Bonchev–Trinajstić information content (AvgIpc) is 2.93. The van der Waals surface area contributed by atoms with Crippen LogP contribution in [0.4, 0.5) is 19.2 Å². The molecule has 0 amide bonds. The monoisotopic (exact) mass is 335 g/mol. The number of ether oxygens (including phenoxy) is 1. The van der Waals surface area contributed by atoms with Gasteiger partial charge in [-0.05, 0) is 18.2 Å². The number of alkyl halides is 3. The molecule has 2 aromatic heterocycles. The molecule has 1 aliphatic heterocycles. The summed E-state index contributed by atoms with van der Waals surface area (Å²) in [6.45, 7) is 0.993. The Morgan fingerprint density at radius 3 is 2.71 bits per heavy atom. The molecule has 0 spiro atoms. The second-order valence-corrected chi connectivity index (χ2v) is 5.48. The third-order valence-corrected chi connectivity index (χ3v) is 3.73. The van der Waals surface area contributed by atoms with Crippen LogP contribution in [0.5, 0.6) is 5.75 Å². The van der Waals surface area contributed by atoms with E-state index in [1.54, 1.807) is 0 Å². The van der Waals surface area contributed by atoms with Crippen molar-refractivity contribution < 1.29 is 22.3 Å². The molecule has 0 aliphatic carbocycles. The van der Waals surface area contributed by atoms with Crippen molar-refractivity contribution in [2.24, 2.45) is 0 Å². The van der Waals surface area contributed by atoms with E-state index in [0.717, 1.165) is 17.8 Å². The van der Waals surface area contributed by atoms with Gasteiger partial charge < -0.3 is 14.1 Å². The number of hydrogen-bond acceptors (Lipinski definition) is 5. The summed E-state index contributed by atoms with van der Waals surface area (Å²) in [6.07, 6.45) is -3.61. The standard InChI is InChI=1S/C16H12F3N3O2/c17-16(18,19)14-7-10(5-6-20-14)23-11-8-22(9-11)15-21-12-3-1-2-4-13(12)24-15/h1-7,11H,8-9H2. The van der Waals surface area contributed by atoms with Crippen LogP contribution in [0.1, 0.15) is 5.69 Å². The van der Waals surface area contributed by atoms with Crippen LogP contribution in [0.3, 0.4) is 0 Å². The van der Waals surface area contributed by atoms with Gasteiger partial charge in [-0.2, -0.15) is 18.2 Å². The maximum atomic E-state index is 12.6. The summed E-state index contributed by atoms with van der Waals surface area (Å²) in [4.78, 5) is 9.55. The number of benzene rings is 1. The molecule has 0 bridgehead atoms. The molecule has 0 unspecified atom stereocenters. The van der Waals surface area contributed by atoms with Gasteiger partial charge in [0, 0.05) is 12.3 Å². The quantitative estimate of drug-likeness (QED) is 0.733. The molecule has 124 valence electrons. The fourth-order valence-electron chi connectivity index (χ4n) is 2.50. The first-order chi connectivity index (χ1) is 11.5. The second-order valence-electron chi connectivity index (χ2n) is 5.48. The Balaban J connectivity index is 1.41. The third-order valence-electron chi connectivity index (χ3n) is 3.73. The van der Waals surface area contributed by atoms with E-state index < -0.39 is 11.9 Å². The Morgan fingerprint density at radius 2 is 1.96 bits per heavy atom. The Morgan fingerprint density at radius 1 is 1.17 bits per heavy atom. The topological polar surface area (TPSA) is 51.4 Å². The minimum Gasteiger partial charge on any atom is -0.487 e. The summed E-state index contributed by atoms with van der Waals surface area (Å²) in [5.41, 5.74) is 0.497.